The first kappa shape index (κ1) is 19.2. The first-order valence-electron chi connectivity index (χ1n) is 8.70. The number of benzene rings is 2. The Balaban J connectivity index is 2.07. The fraction of sp³-hybridized carbons (Fsp3) is 0.238. The molecular formula is C21H21BrN2O3. The predicted molar refractivity (Wildman–Crippen MR) is 110 cm³/mol. The van der Waals surface area contributed by atoms with Crippen LogP contribution in [0, 0.1) is 6.92 Å². The van der Waals surface area contributed by atoms with E-state index in [0.717, 1.165) is 11.3 Å². The number of nitrogens with one attached hydrogen (secondary N) is 1. The Morgan fingerprint density at radius 3 is 2.37 bits per heavy atom. The van der Waals surface area contributed by atoms with Gasteiger partial charge in [-0.05, 0) is 61.0 Å². The molecule has 0 bridgehead atoms. The molecule has 1 N–H and O–H groups in total. The van der Waals surface area contributed by atoms with E-state index in [9.17, 15) is 9.59 Å². The monoisotopic (exact) mass is 428 g/mol. The third kappa shape index (κ3) is 3.37. The van der Waals surface area contributed by atoms with Gasteiger partial charge in [-0.3, -0.25) is 9.69 Å². The van der Waals surface area contributed by atoms with Gasteiger partial charge >= 0.3 is 5.97 Å². The molecule has 1 aliphatic heterocycles. The second-order valence-corrected chi connectivity index (χ2v) is 7.24. The van der Waals surface area contributed by atoms with E-state index < -0.39 is 11.5 Å². The number of amides is 1. The molecule has 0 unspecified atom stereocenters. The standard InChI is InChI=1S/C21H21BrN2O3/c1-4-27-20(26)21(3)18(22)17(23-15-12-10-14(2)11-13-15)19(25)24(21)16-8-6-5-7-9-16/h5-13,23H,4H2,1-3H3/t21-/m0/s1. The lowest BCUT2D eigenvalue weighted by Gasteiger charge is -2.33. The van der Waals surface area contributed by atoms with Crippen molar-refractivity contribution in [1.82, 2.24) is 0 Å². The molecule has 0 aromatic heterocycles. The van der Waals surface area contributed by atoms with Gasteiger partial charge in [0, 0.05) is 11.4 Å². The Hall–Kier alpha value is -2.60. The Kier molecular flexibility index (Phi) is 5.37. The topological polar surface area (TPSA) is 58.6 Å². The first-order valence-corrected chi connectivity index (χ1v) is 9.49. The SMILES string of the molecule is CCOC(=O)[C@]1(C)C(Br)=C(Nc2ccc(C)cc2)C(=O)N1c1ccccc1. The number of ether oxygens (including phenoxy) is 1. The molecule has 27 heavy (non-hydrogen) atoms. The summed E-state index contributed by atoms with van der Waals surface area (Å²) < 4.78 is 5.74. The van der Waals surface area contributed by atoms with Crippen LogP contribution in [0.4, 0.5) is 11.4 Å². The largest absolute Gasteiger partial charge is 0.464 e. The average molecular weight is 429 g/mol. The average Bonchev–Trinajstić information content (AvgIpc) is 2.86. The van der Waals surface area contributed by atoms with Crippen LogP contribution in [0.15, 0.2) is 64.8 Å². The van der Waals surface area contributed by atoms with Crippen LogP contribution in [0.2, 0.25) is 0 Å². The molecule has 2 aromatic carbocycles. The van der Waals surface area contributed by atoms with Gasteiger partial charge in [-0.25, -0.2) is 4.79 Å². The number of esters is 1. The van der Waals surface area contributed by atoms with E-state index >= 15 is 0 Å². The number of rotatable bonds is 5. The molecule has 1 heterocycles. The van der Waals surface area contributed by atoms with Gasteiger partial charge in [0.15, 0.2) is 5.54 Å². The number of carbonyl (C=O) groups is 2. The highest BCUT2D eigenvalue weighted by Crippen LogP contribution is 2.43. The third-order valence-electron chi connectivity index (χ3n) is 4.52. The smallest absolute Gasteiger partial charge is 0.337 e. The van der Waals surface area contributed by atoms with Crippen LogP contribution in [-0.4, -0.2) is 24.0 Å². The lowest BCUT2D eigenvalue weighted by atomic mass is 10.0. The number of carbonyl (C=O) groups excluding carboxylic acids is 2. The summed E-state index contributed by atoms with van der Waals surface area (Å²) in [7, 11) is 0. The maximum atomic E-state index is 13.3. The van der Waals surface area contributed by atoms with Crippen molar-refractivity contribution in [2.24, 2.45) is 0 Å². The van der Waals surface area contributed by atoms with Crippen LogP contribution in [-0.2, 0) is 14.3 Å². The number of halogens is 1. The second kappa shape index (κ2) is 7.56. The lowest BCUT2D eigenvalue weighted by Crippen LogP contribution is -2.52. The van der Waals surface area contributed by atoms with Crippen molar-refractivity contribution in [3.05, 3.63) is 70.3 Å². The van der Waals surface area contributed by atoms with Gasteiger partial charge in [0.25, 0.3) is 5.91 Å². The highest BCUT2D eigenvalue weighted by atomic mass is 79.9. The Morgan fingerprint density at radius 1 is 1.15 bits per heavy atom. The molecule has 0 radical (unpaired) electrons. The molecule has 0 spiro atoms. The van der Waals surface area contributed by atoms with E-state index in [-0.39, 0.29) is 12.5 Å². The number of nitrogens with zero attached hydrogens (tertiary/aromatic N) is 1. The number of para-hydroxylation sites is 1. The normalized spacial score (nSPS) is 19.4. The second-order valence-electron chi connectivity index (χ2n) is 6.45. The zero-order valence-electron chi connectivity index (χ0n) is 15.5. The van der Waals surface area contributed by atoms with Crippen LogP contribution in [0.3, 0.4) is 0 Å². The van der Waals surface area contributed by atoms with E-state index in [1.165, 1.54) is 4.90 Å². The summed E-state index contributed by atoms with van der Waals surface area (Å²) in [5.41, 5.74) is 1.53. The fourth-order valence-electron chi connectivity index (χ4n) is 3.04. The van der Waals surface area contributed by atoms with Gasteiger partial charge in [-0.2, -0.15) is 0 Å². The molecule has 6 heteroatoms. The van der Waals surface area contributed by atoms with Gasteiger partial charge in [0.2, 0.25) is 0 Å². The van der Waals surface area contributed by atoms with E-state index in [1.807, 2.05) is 49.4 Å². The molecule has 2 aromatic rings. The maximum absolute atomic E-state index is 13.3. The molecule has 0 saturated carbocycles. The number of hydrogen-bond donors (Lipinski definition) is 1. The van der Waals surface area contributed by atoms with Crippen molar-refractivity contribution in [1.29, 1.82) is 0 Å². The van der Waals surface area contributed by atoms with E-state index in [2.05, 4.69) is 21.2 Å². The van der Waals surface area contributed by atoms with E-state index in [1.54, 1.807) is 26.0 Å². The zero-order chi connectivity index (χ0) is 19.6. The van der Waals surface area contributed by atoms with Crippen LogP contribution < -0.4 is 10.2 Å². The summed E-state index contributed by atoms with van der Waals surface area (Å²) in [4.78, 5) is 27.6. The molecule has 0 saturated heterocycles. The van der Waals surface area contributed by atoms with Crippen molar-refractivity contribution in [2.45, 2.75) is 26.3 Å². The summed E-state index contributed by atoms with van der Waals surface area (Å²) in [5, 5.41) is 3.15. The van der Waals surface area contributed by atoms with E-state index in [0.29, 0.717) is 15.9 Å². The zero-order valence-corrected chi connectivity index (χ0v) is 17.0. The highest BCUT2D eigenvalue weighted by molar-refractivity contribution is 9.11. The molecule has 3 rings (SSSR count). The molecular weight excluding hydrogens is 408 g/mol. The summed E-state index contributed by atoms with van der Waals surface area (Å²) in [6, 6.07) is 16.8. The van der Waals surface area contributed by atoms with Gasteiger partial charge in [-0.1, -0.05) is 35.9 Å². The van der Waals surface area contributed by atoms with Crippen molar-refractivity contribution < 1.29 is 14.3 Å². The molecule has 1 aliphatic rings. The first-order chi connectivity index (χ1) is 12.9. The molecule has 1 amide bonds. The molecule has 0 fully saturated rings. The van der Waals surface area contributed by atoms with Gasteiger partial charge < -0.3 is 10.1 Å². The quantitative estimate of drug-likeness (QED) is 0.717. The predicted octanol–water partition coefficient (Wildman–Crippen LogP) is 4.38. The van der Waals surface area contributed by atoms with Crippen molar-refractivity contribution in [3.63, 3.8) is 0 Å². The minimum absolute atomic E-state index is 0.228. The Bertz CT molecular complexity index is 893. The van der Waals surface area contributed by atoms with Gasteiger partial charge in [0.1, 0.15) is 5.70 Å². The van der Waals surface area contributed by atoms with Crippen LogP contribution in [0.5, 0.6) is 0 Å². The summed E-state index contributed by atoms with van der Waals surface area (Å²) >= 11 is 3.50. The van der Waals surface area contributed by atoms with Crippen LogP contribution >= 0.6 is 15.9 Å². The maximum Gasteiger partial charge on any atom is 0.337 e. The van der Waals surface area contributed by atoms with Gasteiger partial charge in [0.05, 0.1) is 11.1 Å². The minimum Gasteiger partial charge on any atom is -0.464 e. The minimum atomic E-state index is -1.29. The lowest BCUT2D eigenvalue weighted by molar-refractivity contribution is -0.147. The molecule has 140 valence electrons. The Morgan fingerprint density at radius 2 is 1.78 bits per heavy atom. The van der Waals surface area contributed by atoms with Crippen molar-refractivity contribution in [3.8, 4) is 0 Å². The summed E-state index contributed by atoms with van der Waals surface area (Å²) in [6.45, 7) is 5.65. The summed E-state index contributed by atoms with van der Waals surface area (Å²) in [5.74, 6) is -0.793. The van der Waals surface area contributed by atoms with Crippen molar-refractivity contribution in [2.75, 3.05) is 16.8 Å². The Labute approximate surface area is 167 Å². The van der Waals surface area contributed by atoms with Gasteiger partial charge in [-0.15, -0.1) is 0 Å². The molecule has 5 nitrogen and oxygen atoms in total. The number of aryl methyl sites for hydroxylation is 1. The van der Waals surface area contributed by atoms with Crippen LogP contribution in [0.1, 0.15) is 19.4 Å². The van der Waals surface area contributed by atoms with Crippen LogP contribution in [0.25, 0.3) is 0 Å². The third-order valence-corrected chi connectivity index (χ3v) is 5.69. The highest BCUT2D eigenvalue weighted by Gasteiger charge is 2.54. The van der Waals surface area contributed by atoms with Crippen molar-refractivity contribution >= 4 is 39.2 Å². The summed E-state index contributed by atoms with van der Waals surface area (Å²) in [6.07, 6.45) is 0. The van der Waals surface area contributed by atoms with E-state index in [4.69, 9.17) is 4.74 Å². The molecule has 0 aliphatic carbocycles. The fourth-order valence-corrected chi connectivity index (χ4v) is 3.65. The number of hydrogen-bond acceptors (Lipinski definition) is 4. The number of anilines is 2. The molecule has 1 atom stereocenters.